The van der Waals surface area contributed by atoms with Gasteiger partial charge in [-0.05, 0) is 24.6 Å². The lowest BCUT2D eigenvalue weighted by molar-refractivity contribution is -0.146. The molecule has 0 radical (unpaired) electrons. The maximum atomic E-state index is 13.7. The number of hydrogen-bond acceptors (Lipinski definition) is 9. The number of benzene rings is 2. The Morgan fingerprint density at radius 2 is 1.63 bits per heavy atom. The van der Waals surface area contributed by atoms with Gasteiger partial charge in [-0.25, -0.2) is 4.57 Å². The van der Waals surface area contributed by atoms with Crippen LogP contribution >= 0.6 is 7.75 Å². The molecule has 0 aliphatic rings. The van der Waals surface area contributed by atoms with Crippen LogP contribution in [0.2, 0.25) is 0 Å². The zero-order valence-corrected chi connectivity index (χ0v) is 22.8. The molecule has 3 unspecified atom stereocenters. The van der Waals surface area contributed by atoms with Crippen molar-refractivity contribution in [1.82, 2.24) is 10.4 Å². The van der Waals surface area contributed by atoms with Crippen molar-refractivity contribution in [1.29, 1.82) is 0 Å². The Labute approximate surface area is 222 Å². The van der Waals surface area contributed by atoms with Gasteiger partial charge in [0.25, 0.3) is 0 Å². The van der Waals surface area contributed by atoms with Crippen LogP contribution in [0.1, 0.15) is 32.8 Å². The summed E-state index contributed by atoms with van der Waals surface area (Å²) >= 11 is 0. The second kappa shape index (κ2) is 14.6. The SMILES string of the molecule is COC(=O)CCNC(=O)C(O)C(C)(C)COP(=O)(NC(C)C(=O)OCc1ccccc1)Oc1ccccc1. The van der Waals surface area contributed by atoms with Crippen molar-refractivity contribution in [2.24, 2.45) is 5.41 Å². The van der Waals surface area contributed by atoms with Crippen LogP contribution < -0.4 is 14.9 Å². The van der Waals surface area contributed by atoms with Gasteiger partial charge in [-0.3, -0.25) is 18.9 Å². The summed E-state index contributed by atoms with van der Waals surface area (Å²) < 4.78 is 34.7. The number of aliphatic hydroxyl groups excluding tert-OH is 1. The molecule has 0 aromatic heterocycles. The highest BCUT2D eigenvalue weighted by atomic mass is 31.2. The molecule has 0 spiro atoms. The summed E-state index contributed by atoms with van der Waals surface area (Å²) in [5.41, 5.74) is -0.447. The second-order valence-electron chi connectivity index (χ2n) is 9.13. The Morgan fingerprint density at radius 1 is 1.03 bits per heavy atom. The van der Waals surface area contributed by atoms with Crippen molar-refractivity contribution in [3.8, 4) is 5.75 Å². The second-order valence-corrected chi connectivity index (χ2v) is 10.8. The van der Waals surface area contributed by atoms with E-state index in [9.17, 15) is 24.1 Å². The molecule has 11 nitrogen and oxygen atoms in total. The van der Waals surface area contributed by atoms with Gasteiger partial charge in [0.05, 0.1) is 20.1 Å². The molecule has 12 heteroatoms. The fraction of sp³-hybridized carbons (Fsp3) is 0.423. The highest BCUT2D eigenvalue weighted by molar-refractivity contribution is 7.52. The van der Waals surface area contributed by atoms with Crippen LogP contribution in [-0.4, -0.2) is 55.4 Å². The van der Waals surface area contributed by atoms with Crippen LogP contribution in [0.3, 0.4) is 0 Å². The van der Waals surface area contributed by atoms with Crippen LogP contribution in [0.4, 0.5) is 0 Å². The number of amides is 1. The lowest BCUT2D eigenvalue weighted by Crippen LogP contribution is -2.46. The van der Waals surface area contributed by atoms with Crippen molar-refractivity contribution in [2.45, 2.75) is 45.9 Å². The highest BCUT2D eigenvalue weighted by Crippen LogP contribution is 2.46. The molecule has 0 bridgehead atoms. The summed E-state index contributed by atoms with van der Waals surface area (Å²) in [6, 6.07) is 16.2. The maximum absolute atomic E-state index is 13.7. The molecule has 3 atom stereocenters. The Bertz CT molecular complexity index is 1100. The third kappa shape index (κ3) is 10.3. The largest absolute Gasteiger partial charge is 0.469 e. The molecular formula is C26H35N2O9P. The van der Waals surface area contributed by atoms with Crippen molar-refractivity contribution < 1.29 is 42.6 Å². The van der Waals surface area contributed by atoms with E-state index in [4.69, 9.17) is 13.8 Å². The van der Waals surface area contributed by atoms with Crippen molar-refractivity contribution in [3.63, 3.8) is 0 Å². The molecule has 0 aliphatic heterocycles. The molecule has 0 fully saturated rings. The summed E-state index contributed by atoms with van der Waals surface area (Å²) in [6.07, 6.45) is -1.63. The van der Waals surface area contributed by atoms with Gasteiger partial charge < -0.3 is 24.4 Å². The fourth-order valence-electron chi connectivity index (χ4n) is 3.03. The average molecular weight is 551 g/mol. The summed E-state index contributed by atoms with van der Waals surface area (Å²) in [6.45, 7) is 4.12. The van der Waals surface area contributed by atoms with E-state index >= 15 is 0 Å². The first-order chi connectivity index (χ1) is 18.0. The number of para-hydroxylation sites is 1. The minimum atomic E-state index is -4.21. The predicted molar refractivity (Wildman–Crippen MR) is 139 cm³/mol. The number of aliphatic hydroxyl groups is 1. The van der Waals surface area contributed by atoms with Crippen LogP contribution in [-0.2, 0) is 39.6 Å². The van der Waals surface area contributed by atoms with E-state index in [2.05, 4.69) is 15.1 Å². The van der Waals surface area contributed by atoms with Crippen molar-refractivity contribution >= 4 is 25.6 Å². The Morgan fingerprint density at radius 3 is 2.24 bits per heavy atom. The predicted octanol–water partition coefficient (Wildman–Crippen LogP) is 2.98. The van der Waals surface area contributed by atoms with Gasteiger partial charge in [-0.15, -0.1) is 0 Å². The summed E-state index contributed by atoms with van der Waals surface area (Å²) in [5.74, 6) is -1.72. The van der Waals surface area contributed by atoms with Crippen LogP contribution in [0.25, 0.3) is 0 Å². The molecule has 0 saturated carbocycles. The first-order valence-corrected chi connectivity index (χ1v) is 13.5. The third-order valence-electron chi connectivity index (χ3n) is 5.35. The summed E-state index contributed by atoms with van der Waals surface area (Å²) in [5, 5.41) is 15.6. The molecule has 2 rings (SSSR count). The quantitative estimate of drug-likeness (QED) is 0.223. The number of carbonyl (C=O) groups is 3. The zero-order valence-electron chi connectivity index (χ0n) is 21.9. The minimum Gasteiger partial charge on any atom is -0.469 e. The normalized spacial score (nSPS) is 14.4. The maximum Gasteiger partial charge on any atom is 0.459 e. The van der Waals surface area contributed by atoms with Gasteiger partial charge in [-0.2, -0.15) is 5.09 Å². The summed E-state index contributed by atoms with van der Waals surface area (Å²) in [7, 11) is -2.98. The monoisotopic (exact) mass is 550 g/mol. The molecule has 2 aromatic rings. The first-order valence-electron chi connectivity index (χ1n) is 12.0. The Balaban J connectivity index is 2.05. The number of ether oxygens (including phenoxy) is 2. The number of esters is 2. The number of hydrogen-bond donors (Lipinski definition) is 3. The van der Waals surface area contributed by atoms with Crippen LogP contribution in [0, 0.1) is 5.41 Å². The molecule has 0 aliphatic carbocycles. The molecule has 208 valence electrons. The van der Waals surface area contributed by atoms with Gasteiger partial charge >= 0.3 is 19.7 Å². The van der Waals surface area contributed by atoms with Crippen molar-refractivity contribution in [2.75, 3.05) is 20.3 Å². The van der Waals surface area contributed by atoms with E-state index in [-0.39, 0.29) is 31.9 Å². The lowest BCUT2D eigenvalue weighted by Gasteiger charge is -2.31. The Kier molecular flexibility index (Phi) is 11.9. The van der Waals surface area contributed by atoms with Gasteiger partial charge in [0.2, 0.25) is 5.91 Å². The number of nitrogens with one attached hydrogen (secondary N) is 2. The van der Waals surface area contributed by atoms with E-state index in [0.29, 0.717) is 0 Å². The van der Waals surface area contributed by atoms with E-state index in [1.165, 1.54) is 27.9 Å². The molecular weight excluding hydrogens is 515 g/mol. The zero-order chi connectivity index (χ0) is 28.2. The first kappa shape index (κ1) is 31.0. The standard InChI is InChI=1S/C26H35N2O9P/c1-19(25(32)35-17-20-11-7-5-8-12-20)28-38(33,37-21-13-9-6-10-14-21)36-18-26(2,3)23(30)24(31)27-16-15-22(29)34-4/h5-14,19,23,30H,15-18H2,1-4H3,(H,27,31)(H,28,33). The molecule has 2 aromatic carbocycles. The van der Waals surface area contributed by atoms with E-state index in [1.807, 2.05) is 18.2 Å². The topological polar surface area (TPSA) is 149 Å². The van der Waals surface area contributed by atoms with Gasteiger partial charge in [0.15, 0.2) is 0 Å². The third-order valence-corrected chi connectivity index (χ3v) is 6.97. The van der Waals surface area contributed by atoms with Crippen LogP contribution in [0.5, 0.6) is 5.75 Å². The van der Waals surface area contributed by atoms with Gasteiger partial charge in [0.1, 0.15) is 24.5 Å². The lowest BCUT2D eigenvalue weighted by atomic mass is 9.87. The van der Waals surface area contributed by atoms with Crippen LogP contribution in [0.15, 0.2) is 60.7 Å². The molecule has 0 saturated heterocycles. The molecule has 0 heterocycles. The molecule has 38 heavy (non-hydrogen) atoms. The molecule has 3 N–H and O–H groups in total. The number of methoxy groups -OCH3 is 1. The average Bonchev–Trinajstić information content (AvgIpc) is 2.91. The number of carbonyl (C=O) groups excluding carboxylic acids is 3. The van der Waals surface area contributed by atoms with Crippen molar-refractivity contribution in [3.05, 3.63) is 66.2 Å². The Hall–Kier alpha value is -3.24. The van der Waals surface area contributed by atoms with Gasteiger partial charge in [0, 0.05) is 12.0 Å². The van der Waals surface area contributed by atoms with Gasteiger partial charge in [-0.1, -0.05) is 62.4 Å². The smallest absolute Gasteiger partial charge is 0.459 e. The number of rotatable bonds is 15. The minimum absolute atomic E-state index is 0.0285. The molecule has 1 amide bonds. The fourth-order valence-corrected chi connectivity index (χ4v) is 4.69. The van der Waals surface area contributed by atoms with E-state index in [0.717, 1.165) is 5.56 Å². The summed E-state index contributed by atoms with van der Waals surface area (Å²) in [4.78, 5) is 36.2. The highest BCUT2D eigenvalue weighted by Gasteiger charge is 2.39. The van der Waals surface area contributed by atoms with E-state index in [1.54, 1.807) is 42.5 Å². The van der Waals surface area contributed by atoms with E-state index < -0.39 is 43.2 Å².